The fraction of sp³-hybridized carbons (Fsp3) is 0.357. The number of benzene rings is 1. The number of aromatic nitrogens is 2. The van der Waals surface area contributed by atoms with Gasteiger partial charge in [0.1, 0.15) is 5.82 Å². The van der Waals surface area contributed by atoms with Gasteiger partial charge in [-0.05, 0) is 32.0 Å². The molecule has 0 unspecified atom stereocenters. The minimum Gasteiger partial charge on any atom is -0.341 e. The summed E-state index contributed by atoms with van der Waals surface area (Å²) in [4.78, 5) is 8.24. The maximum atomic E-state index is 4.79. The normalized spacial score (nSPS) is 15.0. The number of hydrogen-bond donors (Lipinski definition) is 2. The van der Waals surface area contributed by atoms with E-state index in [-0.39, 0.29) is 0 Å². The summed E-state index contributed by atoms with van der Waals surface area (Å²) in [5.74, 6) is 1.65. The van der Waals surface area contributed by atoms with Gasteiger partial charge in [-0.2, -0.15) is 0 Å². The van der Waals surface area contributed by atoms with Crippen molar-refractivity contribution in [1.29, 1.82) is 0 Å². The Hall–Kier alpha value is -1.13. The average molecular weight is 306 g/mol. The molecule has 0 radical (unpaired) electrons. The first kappa shape index (κ1) is 11.9. The summed E-state index contributed by atoms with van der Waals surface area (Å²) < 4.78 is 1.08. The van der Waals surface area contributed by atoms with E-state index in [9.17, 15) is 0 Å². The third-order valence-electron chi connectivity index (χ3n) is 3.23. The molecule has 1 aromatic carbocycles. The number of hydrogen-bond acceptors (Lipinski definition) is 2. The van der Waals surface area contributed by atoms with Crippen molar-refractivity contribution < 1.29 is 0 Å². The van der Waals surface area contributed by atoms with Crippen LogP contribution in [0.15, 0.2) is 28.7 Å². The van der Waals surface area contributed by atoms with Crippen LogP contribution < -0.4 is 5.32 Å². The Balaban J connectivity index is 1.99. The molecular weight excluding hydrogens is 290 g/mol. The SMILES string of the molecule is CNCc1[nH]c(-c2cccc(Br)c2)nc1C1CC1. The first-order valence-electron chi connectivity index (χ1n) is 6.27. The van der Waals surface area contributed by atoms with Crippen molar-refractivity contribution in [2.45, 2.75) is 25.3 Å². The van der Waals surface area contributed by atoms with E-state index in [1.54, 1.807) is 0 Å². The van der Waals surface area contributed by atoms with Crippen LogP contribution in [-0.4, -0.2) is 17.0 Å². The second-order valence-electron chi connectivity index (χ2n) is 4.76. The van der Waals surface area contributed by atoms with E-state index in [1.165, 1.54) is 24.2 Å². The van der Waals surface area contributed by atoms with Crippen molar-refractivity contribution in [2.24, 2.45) is 0 Å². The van der Waals surface area contributed by atoms with Gasteiger partial charge in [-0.3, -0.25) is 0 Å². The lowest BCUT2D eigenvalue weighted by Gasteiger charge is -1.98. The summed E-state index contributed by atoms with van der Waals surface area (Å²) in [6.45, 7) is 0.854. The summed E-state index contributed by atoms with van der Waals surface area (Å²) >= 11 is 3.50. The molecule has 0 amide bonds. The largest absolute Gasteiger partial charge is 0.341 e. The highest BCUT2D eigenvalue weighted by Crippen LogP contribution is 2.41. The van der Waals surface area contributed by atoms with E-state index in [0.717, 1.165) is 22.4 Å². The van der Waals surface area contributed by atoms with E-state index in [1.807, 2.05) is 19.2 Å². The molecule has 94 valence electrons. The molecule has 0 saturated heterocycles. The number of rotatable bonds is 4. The van der Waals surface area contributed by atoms with E-state index in [2.05, 4.69) is 38.4 Å². The van der Waals surface area contributed by atoms with E-state index in [4.69, 9.17) is 4.98 Å². The van der Waals surface area contributed by atoms with Crippen LogP contribution >= 0.6 is 15.9 Å². The number of nitrogens with zero attached hydrogens (tertiary/aromatic N) is 1. The Labute approximate surface area is 115 Å². The van der Waals surface area contributed by atoms with Gasteiger partial charge in [0.25, 0.3) is 0 Å². The molecule has 1 aromatic heterocycles. The molecule has 3 rings (SSSR count). The molecule has 0 aliphatic heterocycles. The number of nitrogens with one attached hydrogen (secondary N) is 2. The molecule has 1 heterocycles. The summed E-state index contributed by atoms with van der Waals surface area (Å²) in [5, 5.41) is 3.20. The van der Waals surface area contributed by atoms with Gasteiger partial charge in [-0.25, -0.2) is 4.98 Å². The summed E-state index contributed by atoms with van der Waals surface area (Å²) in [6, 6.07) is 8.25. The number of aromatic amines is 1. The minimum atomic E-state index is 0.672. The fourth-order valence-electron chi connectivity index (χ4n) is 2.20. The summed E-state index contributed by atoms with van der Waals surface area (Å²) in [6.07, 6.45) is 2.55. The standard InChI is InChI=1S/C14H16BrN3/c1-16-8-12-13(9-5-6-9)18-14(17-12)10-3-2-4-11(15)7-10/h2-4,7,9,16H,5-6,8H2,1H3,(H,17,18). The summed E-state index contributed by atoms with van der Waals surface area (Å²) in [7, 11) is 1.97. The predicted octanol–water partition coefficient (Wildman–Crippen LogP) is 3.44. The summed E-state index contributed by atoms with van der Waals surface area (Å²) in [5.41, 5.74) is 3.61. The topological polar surface area (TPSA) is 40.7 Å². The van der Waals surface area contributed by atoms with Crippen molar-refractivity contribution in [2.75, 3.05) is 7.05 Å². The molecular formula is C14H16BrN3. The number of halogens is 1. The molecule has 0 spiro atoms. The lowest BCUT2D eigenvalue weighted by molar-refractivity contribution is 0.782. The second kappa shape index (κ2) is 4.86. The fourth-order valence-corrected chi connectivity index (χ4v) is 2.60. The maximum Gasteiger partial charge on any atom is 0.137 e. The molecule has 4 heteroatoms. The van der Waals surface area contributed by atoms with Crippen LogP contribution in [0.2, 0.25) is 0 Å². The van der Waals surface area contributed by atoms with Gasteiger partial charge in [0.05, 0.1) is 11.4 Å². The van der Waals surface area contributed by atoms with Crippen LogP contribution in [0.1, 0.15) is 30.1 Å². The molecule has 1 fully saturated rings. The molecule has 2 aromatic rings. The molecule has 1 aliphatic carbocycles. The molecule has 0 bridgehead atoms. The zero-order valence-electron chi connectivity index (χ0n) is 10.3. The Morgan fingerprint density at radius 1 is 1.44 bits per heavy atom. The van der Waals surface area contributed by atoms with Gasteiger partial charge < -0.3 is 10.3 Å². The first-order valence-corrected chi connectivity index (χ1v) is 7.06. The van der Waals surface area contributed by atoms with Crippen molar-refractivity contribution in [3.8, 4) is 11.4 Å². The van der Waals surface area contributed by atoms with Crippen LogP contribution in [0, 0.1) is 0 Å². The minimum absolute atomic E-state index is 0.672. The van der Waals surface area contributed by atoms with E-state index >= 15 is 0 Å². The van der Waals surface area contributed by atoms with Gasteiger partial charge in [0.15, 0.2) is 0 Å². The average Bonchev–Trinajstić information content (AvgIpc) is 3.12. The molecule has 1 saturated carbocycles. The predicted molar refractivity (Wildman–Crippen MR) is 76.5 cm³/mol. The molecule has 0 atom stereocenters. The zero-order valence-corrected chi connectivity index (χ0v) is 11.9. The third-order valence-corrected chi connectivity index (χ3v) is 3.72. The van der Waals surface area contributed by atoms with Crippen molar-refractivity contribution in [1.82, 2.24) is 15.3 Å². The van der Waals surface area contributed by atoms with Gasteiger partial charge in [-0.1, -0.05) is 28.1 Å². The van der Waals surface area contributed by atoms with Crippen LogP contribution in [0.25, 0.3) is 11.4 Å². The van der Waals surface area contributed by atoms with Gasteiger partial charge in [0.2, 0.25) is 0 Å². The van der Waals surface area contributed by atoms with Gasteiger partial charge in [-0.15, -0.1) is 0 Å². The Morgan fingerprint density at radius 2 is 2.28 bits per heavy atom. The van der Waals surface area contributed by atoms with Crippen LogP contribution in [0.4, 0.5) is 0 Å². The van der Waals surface area contributed by atoms with E-state index in [0.29, 0.717) is 5.92 Å². The van der Waals surface area contributed by atoms with E-state index < -0.39 is 0 Å². The van der Waals surface area contributed by atoms with Crippen molar-refractivity contribution in [3.05, 3.63) is 40.1 Å². The van der Waals surface area contributed by atoms with Gasteiger partial charge in [0, 0.05) is 22.5 Å². The molecule has 2 N–H and O–H groups in total. The first-order chi connectivity index (χ1) is 8.78. The second-order valence-corrected chi connectivity index (χ2v) is 5.68. The van der Waals surface area contributed by atoms with Gasteiger partial charge >= 0.3 is 0 Å². The van der Waals surface area contributed by atoms with Crippen molar-refractivity contribution >= 4 is 15.9 Å². The monoisotopic (exact) mass is 305 g/mol. The Kier molecular flexibility index (Phi) is 3.22. The Morgan fingerprint density at radius 3 is 2.94 bits per heavy atom. The maximum absolute atomic E-state index is 4.79. The quantitative estimate of drug-likeness (QED) is 0.908. The van der Waals surface area contributed by atoms with Crippen LogP contribution in [0.5, 0.6) is 0 Å². The lowest BCUT2D eigenvalue weighted by atomic mass is 10.2. The van der Waals surface area contributed by atoms with Crippen LogP contribution in [-0.2, 0) is 6.54 Å². The number of H-pyrrole nitrogens is 1. The number of imidazole rings is 1. The molecule has 1 aliphatic rings. The highest BCUT2D eigenvalue weighted by molar-refractivity contribution is 9.10. The Bertz CT molecular complexity index is 558. The third kappa shape index (κ3) is 2.35. The highest BCUT2D eigenvalue weighted by atomic mass is 79.9. The zero-order chi connectivity index (χ0) is 12.5. The highest BCUT2D eigenvalue weighted by Gasteiger charge is 2.29. The van der Waals surface area contributed by atoms with Crippen molar-refractivity contribution in [3.63, 3.8) is 0 Å². The molecule has 18 heavy (non-hydrogen) atoms. The smallest absolute Gasteiger partial charge is 0.137 e. The van der Waals surface area contributed by atoms with Crippen LogP contribution in [0.3, 0.4) is 0 Å². The molecule has 3 nitrogen and oxygen atoms in total. The lowest BCUT2D eigenvalue weighted by Crippen LogP contribution is -2.07.